The Labute approximate surface area is 173 Å². The molecule has 154 valence electrons. The molecule has 2 aliphatic carbocycles. The molecule has 0 bridgehead atoms. The molecule has 5 heteroatoms. The minimum Gasteiger partial charge on any atom is -0.256 e. The number of allylic oxidation sites excluding steroid dienone is 1. The van der Waals surface area contributed by atoms with Gasteiger partial charge in [-0.05, 0) is 87.1 Å². The van der Waals surface area contributed by atoms with Gasteiger partial charge in [-0.2, -0.15) is 0 Å². The molecule has 1 aromatic carbocycles. The number of hydrogen-bond acceptors (Lipinski definition) is 3. The van der Waals surface area contributed by atoms with E-state index in [2.05, 4.69) is 11.1 Å². The van der Waals surface area contributed by atoms with Gasteiger partial charge in [0.25, 0.3) is 0 Å². The topological polar surface area (TPSA) is 47.0 Å². The number of hydrogen-bond donors (Lipinski definition) is 0. The Morgan fingerprint density at radius 2 is 1.86 bits per heavy atom. The number of sulfone groups is 1. The number of rotatable bonds is 5. The second kappa shape index (κ2) is 8.02. The van der Waals surface area contributed by atoms with Gasteiger partial charge in [0.15, 0.2) is 9.84 Å². The molecule has 0 aliphatic heterocycles. The molecule has 3 nitrogen and oxygen atoms in total. The van der Waals surface area contributed by atoms with E-state index < -0.39 is 9.84 Å². The van der Waals surface area contributed by atoms with Gasteiger partial charge in [-0.3, -0.25) is 4.98 Å². The van der Waals surface area contributed by atoms with Gasteiger partial charge in [0.2, 0.25) is 0 Å². The molecule has 4 rings (SSSR count). The third-order valence-corrected chi connectivity index (χ3v) is 8.86. The van der Waals surface area contributed by atoms with Crippen LogP contribution in [0.5, 0.6) is 0 Å². The molecule has 1 fully saturated rings. The lowest BCUT2D eigenvalue weighted by atomic mass is 9.78. The predicted octanol–water partition coefficient (Wildman–Crippen LogP) is 5.46. The highest BCUT2D eigenvalue weighted by molar-refractivity contribution is 7.91. The summed E-state index contributed by atoms with van der Waals surface area (Å²) in [6.45, 7) is 3.53. The van der Waals surface area contributed by atoms with E-state index in [4.69, 9.17) is 0 Å². The fourth-order valence-electron chi connectivity index (χ4n) is 4.67. The van der Waals surface area contributed by atoms with Crippen LogP contribution in [0.25, 0.3) is 17.3 Å². The highest BCUT2D eigenvalue weighted by Crippen LogP contribution is 2.42. The summed E-state index contributed by atoms with van der Waals surface area (Å²) >= 11 is 0. The van der Waals surface area contributed by atoms with Crippen LogP contribution in [-0.2, 0) is 16.3 Å². The van der Waals surface area contributed by atoms with Crippen molar-refractivity contribution in [2.24, 2.45) is 11.8 Å². The van der Waals surface area contributed by atoms with Gasteiger partial charge >= 0.3 is 0 Å². The average molecular weight is 414 g/mol. The van der Waals surface area contributed by atoms with Crippen molar-refractivity contribution in [3.05, 3.63) is 59.0 Å². The van der Waals surface area contributed by atoms with E-state index in [1.807, 2.05) is 24.3 Å². The molecule has 2 aliphatic rings. The third-order valence-electron chi connectivity index (χ3n) is 6.49. The molecule has 0 radical (unpaired) electrons. The van der Waals surface area contributed by atoms with Crippen LogP contribution in [0.2, 0.25) is 0 Å². The Balaban J connectivity index is 1.51. The number of halogens is 1. The van der Waals surface area contributed by atoms with Crippen LogP contribution in [0.4, 0.5) is 4.39 Å². The van der Waals surface area contributed by atoms with E-state index in [1.165, 1.54) is 5.57 Å². The maximum Gasteiger partial charge on any atom is 0.152 e. The highest BCUT2D eigenvalue weighted by Gasteiger charge is 2.31. The second-order valence-electron chi connectivity index (χ2n) is 8.70. The van der Waals surface area contributed by atoms with Crippen LogP contribution < -0.4 is 0 Å². The van der Waals surface area contributed by atoms with Gasteiger partial charge in [0, 0.05) is 11.8 Å². The zero-order chi connectivity index (χ0) is 20.6. The van der Waals surface area contributed by atoms with E-state index in [0.29, 0.717) is 22.9 Å². The Morgan fingerprint density at radius 1 is 1.10 bits per heavy atom. The molecule has 1 saturated carbocycles. The molecular weight excluding hydrogens is 385 g/mol. The van der Waals surface area contributed by atoms with Crippen LogP contribution in [0.15, 0.2) is 42.1 Å². The molecule has 0 N–H and O–H groups in total. The van der Waals surface area contributed by atoms with Gasteiger partial charge in [-0.25, -0.2) is 12.8 Å². The maximum absolute atomic E-state index is 14.6. The number of aromatic nitrogens is 1. The summed E-state index contributed by atoms with van der Waals surface area (Å²) in [4.78, 5) is 4.36. The molecule has 29 heavy (non-hydrogen) atoms. The van der Waals surface area contributed by atoms with Gasteiger partial charge in [-0.15, -0.1) is 0 Å². The predicted molar refractivity (Wildman–Crippen MR) is 116 cm³/mol. The van der Waals surface area contributed by atoms with E-state index in [-0.39, 0.29) is 17.0 Å². The van der Waals surface area contributed by atoms with Gasteiger partial charge in [0.1, 0.15) is 5.82 Å². The molecule has 0 saturated heterocycles. The Bertz CT molecular complexity index is 1020. The van der Waals surface area contributed by atoms with Crippen molar-refractivity contribution in [1.29, 1.82) is 0 Å². The van der Waals surface area contributed by atoms with Crippen LogP contribution in [0.3, 0.4) is 0 Å². The molecule has 0 spiro atoms. The summed E-state index contributed by atoms with van der Waals surface area (Å²) in [7, 11) is -2.98. The standard InChI is InChI=1S/C24H28FNO2S/c1-16(2)29(27,28)15-17-6-8-18(9-7-17)20-13-19-10-11-22(25)24(21(19)14-20)23-5-3-4-12-26-23/h3-5,10-12,14,16-18H,6-9,13,15H2,1-2H3. The molecule has 1 heterocycles. The molecule has 0 amide bonds. The smallest absolute Gasteiger partial charge is 0.152 e. The van der Waals surface area contributed by atoms with E-state index in [0.717, 1.165) is 43.2 Å². The molecule has 1 aromatic heterocycles. The number of pyridine rings is 1. The van der Waals surface area contributed by atoms with Crippen LogP contribution >= 0.6 is 0 Å². The quantitative estimate of drug-likeness (QED) is 0.654. The van der Waals surface area contributed by atoms with Crippen LogP contribution in [0.1, 0.15) is 50.7 Å². The normalized spacial score (nSPS) is 21.9. The molecule has 2 aromatic rings. The molecule has 0 unspecified atom stereocenters. The number of fused-ring (bicyclic) bond motifs is 1. The summed E-state index contributed by atoms with van der Waals surface area (Å²) in [5, 5.41) is -0.299. The van der Waals surface area contributed by atoms with Crippen molar-refractivity contribution in [3.8, 4) is 11.3 Å². The lowest BCUT2D eigenvalue weighted by Crippen LogP contribution is -2.27. The fraction of sp³-hybridized carbons (Fsp3) is 0.458. The maximum atomic E-state index is 14.6. The van der Waals surface area contributed by atoms with Crippen molar-refractivity contribution in [2.75, 3.05) is 5.75 Å². The highest BCUT2D eigenvalue weighted by atomic mass is 32.2. The second-order valence-corrected chi connectivity index (χ2v) is 11.3. The monoisotopic (exact) mass is 413 g/mol. The Hall–Kier alpha value is -2.01. The van der Waals surface area contributed by atoms with Crippen molar-refractivity contribution in [3.63, 3.8) is 0 Å². The van der Waals surface area contributed by atoms with E-state index >= 15 is 0 Å². The summed E-state index contributed by atoms with van der Waals surface area (Å²) in [6.07, 6.45) is 8.64. The van der Waals surface area contributed by atoms with Crippen LogP contribution in [-0.4, -0.2) is 24.4 Å². The van der Waals surface area contributed by atoms with Gasteiger partial charge in [-0.1, -0.05) is 23.8 Å². The Morgan fingerprint density at radius 3 is 2.52 bits per heavy atom. The fourth-order valence-corrected chi connectivity index (χ4v) is 6.04. The summed E-state index contributed by atoms with van der Waals surface area (Å²) < 4.78 is 39.1. The number of benzene rings is 1. The first-order valence-electron chi connectivity index (χ1n) is 10.5. The summed E-state index contributed by atoms with van der Waals surface area (Å²) in [5.74, 6) is 0.804. The zero-order valence-electron chi connectivity index (χ0n) is 17.1. The Kier molecular flexibility index (Phi) is 5.60. The SMILES string of the molecule is CC(C)S(=O)(=O)CC1CCC(C2=Cc3c(ccc(F)c3-c3ccccn3)C2)CC1. The van der Waals surface area contributed by atoms with Crippen molar-refractivity contribution < 1.29 is 12.8 Å². The lowest BCUT2D eigenvalue weighted by Gasteiger charge is -2.29. The van der Waals surface area contributed by atoms with E-state index in [1.54, 1.807) is 26.1 Å². The minimum atomic E-state index is -2.98. The summed E-state index contributed by atoms with van der Waals surface area (Å²) in [5.41, 5.74) is 4.74. The van der Waals surface area contributed by atoms with Crippen molar-refractivity contribution >= 4 is 15.9 Å². The van der Waals surface area contributed by atoms with Gasteiger partial charge < -0.3 is 0 Å². The third kappa shape index (κ3) is 4.16. The van der Waals surface area contributed by atoms with Crippen LogP contribution in [0, 0.1) is 17.7 Å². The first-order valence-corrected chi connectivity index (χ1v) is 12.2. The number of nitrogens with zero attached hydrogens (tertiary/aromatic N) is 1. The lowest BCUT2D eigenvalue weighted by molar-refractivity contribution is 0.320. The molecule has 0 atom stereocenters. The average Bonchev–Trinajstić information content (AvgIpc) is 3.13. The molecular formula is C24H28FNO2S. The van der Waals surface area contributed by atoms with Crippen molar-refractivity contribution in [2.45, 2.75) is 51.2 Å². The van der Waals surface area contributed by atoms with Crippen molar-refractivity contribution in [1.82, 2.24) is 4.98 Å². The largest absolute Gasteiger partial charge is 0.256 e. The first-order chi connectivity index (χ1) is 13.8. The zero-order valence-corrected chi connectivity index (χ0v) is 17.9. The van der Waals surface area contributed by atoms with E-state index in [9.17, 15) is 12.8 Å². The summed E-state index contributed by atoms with van der Waals surface area (Å²) in [6, 6.07) is 9.01. The minimum absolute atomic E-state index is 0.234. The van der Waals surface area contributed by atoms with Gasteiger partial charge in [0.05, 0.1) is 16.7 Å². The first kappa shape index (κ1) is 20.3.